The van der Waals surface area contributed by atoms with Crippen molar-refractivity contribution < 1.29 is 14.5 Å². The molecule has 25 heavy (non-hydrogen) atoms. The molecule has 2 aromatic heterocycles. The predicted octanol–water partition coefficient (Wildman–Crippen LogP) is 1.27. The van der Waals surface area contributed by atoms with E-state index in [-0.39, 0.29) is 23.2 Å². The van der Waals surface area contributed by atoms with E-state index in [0.29, 0.717) is 13.0 Å². The molecule has 0 aliphatic carbocycles. The van der Waals surface area contributed by atoms with Crippen LogP contribution in [-0.4, -0.2) is 45.4 Å². The molecule has 0 bridgehead atoms. The lowest BCUT2D eigenvalue weighted by molar-refractivity contribution is -0.384. The summed E-state index contributed by atoms with van der Waals surface area (Å²) in [5.74, 6) is 0.344. The van der Waals surface area contributed by atoms with Crippen LogP contribution in [-0.2, 0) is 18.2 Å². The number of anilines is 2. The van der Waals surface area contributed by atoms with Gasteiger partial charge in [-0.25, -0.2) is 9.78 Å². The molecule has 0 fully saturated rings. The predicted molar refractivity (Wildman–Crippen MR) is 89.8 cm³/mol. The highest BCUT2D eigenvalue weighted by Crippen LogP contribution is 2.28. The number of pyridine rings is 1. The number of aromatic nitrogens is 3. The lowest BCUT2D eigenvalue weighted by Gasteiger charge is -2.25. The summed E-state index contributed by atoms with van der Waals surface area (Å²) in [7, 11) is 3.09. The third kappa shape index (κ3) is 3.10. The third-order valence-corrected chi connectivity index (χ3v) is 4.12. The molecule has 10 nitrogen and oxygen atoms in total. The van der Waals surface area contributed by atoms with Crippen molar-refractivity contribution >= 4 is 23.3 Å². The Morgan fingerprint density at radius 1 is 1.52 bits per heavy atom. The van der Waals surface area contributed by atoms with Gasteiger partial charge in [0.05, 0.1) is 17.7 Å². The van der Waals surface area contributed by atoms with Gasteiger partial charge in [-0.05, 0) is 19.4 Å². The van der Waals surface area contributed by atoms with Gasteiger partial charge in [0, 0.05) is 31.3 Å². The molecule has 0 radical (unpaired) electrons. The number of carbonyl (C=O) groups is 1. The molecule has 0 amide bonds. The molecule has 1 unspecified atom stereocenters. The van der Waals surface area contributed by atoms with Crippen LogP contribution in [0.1, 0.15) is 21.7 Å². The molecule has 1 aliphatic heterocycles. The Morgan fingerprint density at radius 3 is 2.96 bits per heavy atom. The monoisotopic (exact) mass is 346 g/mol. The van der Waals surface area contributed by atoms with Gasteiger partial charge in [-0.15, -0.1) is 0 Å². The quantitative estimate of drug-likeness (QED) is 0.482. The van der Waals surface area contributed by atoms with Crippen LogP contribution in [0.3, 0.4) is 0 Å². The number of ether oxygens (including phenoxy) is 1. The molecule has 0 aromatic carbocycles. The molecular weight excluding hydrogens is 328 g/mol. The molecule has 0 saturated carbocycles. The van der Waals surface area contributed by atoms with Crippen LogP contribution in [0, 0.1) is 17.0 Å². The van der Waals surface area contributed by atoms with Gasteiger partial charge >= 0.3 is 11.7 Å². The van der Waals surface area contributed by atoms with Crippen molar-refractivity contribution in [2.45, 2.75) is 19.4 Å². The zero-order valence-electron chi connectivity index (χ0n) is 14.1. The minimum atomic E-state index is -0.648. The molecule has 2 N–H and O–H groups in total. The number of aryl methyl sites for hydroxylation is 2. The summed E-state index contributed by atoms with van der Waals surface area (Å²) in [5, 5.41) is 22.0. The Bertz CT molecular complexity index is 847. The fourth-order valence-corrected chi connectivity index (χ4v) is 2.92. The Balaban J connectivity index is 1.88. The van der Waals surface area contributed by atoms with Crippen LogP contribution in [0.15, 0.2) is 12.1 Å². The van der Waals surface area contributed by atoms with Crippen molar-refractivity contribution in [3.05, 3.63) is 39.2 Å². The van der Waals surface area contributed by atoms with Crippen molar-refractivity contribution in [1.82, 2.24) is 14.8 Å². The number of nitrogens with zero attached hydrogens (tertiary/aromatic N) is 4. The second-order valence-electron chi connectivity index (χ2n) is 5.78. The largest absolute Gasteiger partial charge is 0.464 e. The molecule has 1 aliphatic rings. The first-order chi connectivity index (χ1) is 11.9. The first kappa shape index (κ1) is 16.7. The second kappa shape index (κ2) is 6.38. The maximum absolute atomic E-state index is 11.6. The third-order valence-electron chi connectivity index (χ3n) is 4.12. The van der Waals surface area contributed by atoms with E-state index < -0.39 is 10.9 Å². The number of methoxy groups -OCH3 is 1. The summed E-state index contributed by atoms with van der Waals surface area (Å²) in [6.07, 6.45) is 0.642. The van der Waals surface area contributed by atoms with Crippen molar-refractivity contribution in [3.8, 4) is 0 Å². The second-order valence-corrected chi connectivity index (χ2v) is 5.78. The average molecular weight is 346 g/mol. The summed E-state index contributed by atoms with van der Waals surface area (Å²) >= 11 is 0. The molecule has 2 aromatic rings. The molecule has 0 spiro atoms. The van der Waals surface area contributed by atoms with E-state index in [4.69, 9.17) is 0 Å². The van der Waals surface area contributed by atoms with Crippen molar-refractivity contribution in [2.24, 2.45) is 7.05 Å². The van der Waals surface area contributed by atoms with Crippen molar-refractivity contribution in [3.63, 3.8) is 0 Å². The fraction of sp³-hybridized carbons (Fsp3) is 0.400. The van der Waals surface area contributed by atoms with Gasteiger partial charge < -0.3 is 15.4 Å². The zero-order chi connectivity index (χ0) is 18.1. The lowest BCUT2D eigenvalue weighted by Crippen LogP contribution is -2.35. The Labute approximate surface area is 143 Å². The smallest absolute Gasteiger partial charge is 0.356 e. The topological polar surface area (TPSA) is 124 Å². The van der Waals surface area contributed by atoms with E-state index in [1.807, 2.05) is 14.0 Å². The molecule has 3 heterocycles. The summed E-state index contributed by atoms with van der Waals surface area (Å²) in [4.78, 5) is 26.4. The normalized spacial score (nSPS) is 15.9. The Kier molecular flexibility index (Phi) is 4.26. The standard InChI is InChI=1S/C15H18N6O4/c1-8-10-6-9(7-16-14(10)20(2)19-8)17-13-12(21(23)24)5-4-11(18-13)15(22)25-3/h4-5,9,16H,6-7H2,1-3H3,(H,17,18). The van der Waals surface area contributed by atoms with Gasteiger partial charge in [0.25, 0.3) is 0 Å². The minimum absolute atomic E-state index is 0.0117. The number of esters is 1. The summed E-state index contributed by atoms with van der Waals surface area (Å²) in [6, 6.07) is 2.39. The SMILES string of the molecule is COC(=O)c1ccc([N+](=O)[O-])c(NC2CNc3c(c(C)nn3C)C2)n1. The van der Waals surface area contributed by atoms with Crippen LogP contribution in [0.25, 0.3) is 0 Å². The van der Waals surface area contributed by atoms with Crippen LogP contribution >= 0.6 is 0 Å². The van der Waals surface area contributed by atoms with Crippen molar-refractivity contribution in [1.29, 1.82) is 0 Å². The summed E-state index contributed by atoms with van der Waals surface area (Å²) in [6.45, 7) is 2.47. The van der Waals surface area contributed by atoms with E-state index in [0.717, 1.165) is 17.1 Å². The number of nitro groups is 1. The number of hydrogen-bond donors (Lipinski definition) is 2. The molecular formula is C15H18N6O4. The van der Waals surface area contributed by atoms with Gasteiger partial charge in [-0.3, -0.25) is 14.8 Å². The minimum Gasteiger partial charge on any atom is -0.464 e. The highest BCUT2D eigenvalue weighted by atomic mass is 16.6. The zero-order valence-corrected chi connectivity index (χ0v) is 14.1. The molecule has 10 heteroatoms. The van der Waals surface area contributed by atoms with E-state index >= 15 is 0 Å². The van der Waals surface area contributed by atoms with Gasteiger partial charge in [0.1, 0.15) is 5.82 Å². The van der Waals surface area contributed by atoms with Gasteiger partial charge in [0.15, 0.2) is 5.69 Å². The first-order valence-electron chi connectivity index (χ1n) is 7.67. The number of nitrogens with one attached hydrogen (secondary N) is 2. The Hall–Kier alpha value is -3.17. The van der Waals surface area contributed by atoms with Gasteiger partial charge in [0.2, 0.25) is 5.82 Å². The number of fused-ring (bicyclic) bond motifs is 1. The summed E-state index contributed by atoms with van der Waals surface area (Å²) < 4.78 is 6.40. The van der Waals surface area contributed by atoms with E-state index in [9.17, 15) is 14.9 Å². The lowest BCUT2D eigenvalue weighted by atomic mass is 10.0. The van der Waals surface area contributed by atoms with Gasteiger partial charge in [-0.2, -0.15) is 5.10 Å². The highest BCUT2D eigenvalue weighted by molar-refractivity contribution is 5.88. The molecule has 3 rings (SSSR count). The maximum atomic E-state index is 11.6. The number of carbonyl (C=O) groups excluding carboxylic acids is 1. The average Bonchev–Trinajstić information content (AvgIpc) is 2.87. The molecule has 1 atom stereocenters. The first-order valence-corrected chi connectivity index (χ1v) is 7.67. The Morgan fingerprint density at radius 2 is 2.28 bits per heavy atom. The molecule has 0 saturated heterocycles. The van der Waals surface area contributed by atoms with Crippen LogP contribution in [0.2, 0.25) is 0 Å². The van der Waals surface area contributed by atoms with Gasteiger partial charge in [-0.1, -0.05) is 0 Å². The van der Waals surface area contributed by atoms with Crippen LogP contribution < -0.4 is 10.6 Å². The number of hydrogen-bond acceptors (Lipinski definition) is 8. The van der Waals surface area contributed by atoms with Crippen molar-refractivity contribution in [2.75, 3.05) is 24.3 Å². The van der Waals surface area contributed by atoms with Crippen LogP contribution in [0.4, 0.5) is 17.3 Å². The fourth-order valence-electron chi connectivity index (χ4n) is 2.92. The molecule has 132 valence electrons. The van der Waals surface area contributed by atoms with E-state index in [2.05, 4.69) is 25.5 Å². The highest BCUT2D eigenvalue weighted by Gasteiger charge is 2.27. The maximum Gasteiger partial charge on any atom is 0.356 e. The number of rotatable bonds is 4. The summed E-state index contributed by atoms with van der Waals surface area (Å²) in [5.41, 5.74) is 1.78. The van der Waals surface area contributed by atoms with E-state index in [1.165, 1.54) is 19.2 Å². The van der Waals surface area contributed by atoms with E-state index in [1.54, 1.807) is 4.68 Å². The van der Waals surface area contributed by atoms with Crippen LogP contribution in [0.5, 0.6) is 0 Å².